The predicted octanol–water partition coefficient (Wildman–Crippen LogP) is 0.303. The molecule has 0 aromatic rings. The van der Waals surface area contributed by atoms with Gasteiger partial charge in [0.1, 0.15) is 6.61 Å². The van der Waals surface area contributed by atoms with E-state index >= 15 is 0 Å². The summed E-state index contributed by atoms with van der Waals surface area (Å²) in [5, 5.41) is 11.8. The Kier molecular flexibility index (Phi) is 5.91. The molecule has 1 rings (SSSR count). The highest BCUT2D eigenvalue weighted by molar-refractivity contribution is 5.76. The Morgan fingerprint density at radius 3 is 2.94 bits per heavy atom. The standard InChI is InChI=1S/C12H19NO3/c1-2-8-16-9-6-12(15)13-11(5-7-14)10-3-4-10/h1,10-11,14H,3-9H2,(H,13,15). The van der Waals surface area contributed by atoms with Gasteiger partial charge in [-0.2, -0.15) is 0 Å². The Labute approximate surface area is 96.4 Å². The van der Waals surface area contributed by atoms with Gasteiger partial charge in [0.15, 0.2) is 0 Å². The van der Waals surface area contributed by atoms with E-state index in [4.69, 9.17) is 16.3 Å². The number of aliphatic hydroxyl groups excluding tert-OH is 1. The van der Waals surface area contributed by atoms with Gasteiger partial charge >= 0.3 is 0 Å². The zero-order chi connectivity index (χ0) is 11.8. The van der Waals surface area contributed by atoms with Gasteiger partial charge in [-0.25, -0.2) is 0 Å². The van der Waals surface area contributed by atoms with E-state index in [0.717, 1.165) is 12.8 Å². The second-order valence-corrected chi connectivity index (χ2v) is 4.03. The second-order valence-electron chi connectivity index (χ2n) is 4.03. The number of terminal acetylenes is 1. The lowest BCUT2D eigenvalue weighted by Crippen LogP contribution is -2.37. The first-order valence-corrected chi connectivity index (χ1v) is 5.69. The number of hydrogen-bond donors (Lipinski definition) is 2. The number of nitrogens with one attached hydrogen (secondary N) is 1. The summed E-state index contributed by atoms with van der Waals surface area (Å²) >= 11 is 0. The van der Waals surface area contributed by atoms with Crippen LogP contribution in [0.25, 0.3) is 0 Å². The molecule has 0 bridgehead atoms. The largest absolute Gasteiger partial charge is 0.396 e. The van der Waals surface area contributed by atoms with Gasteiger partial charge in [-0.3, -0.25) is 4.79 Å². The molecule has 0 aromatic carbocycles. The molecule has 0 aromatic heterocycles. The second kappa shape index (κ2) is 7.26. The minimum absolute atomic E-state index is 0.0256. The molecule has 90 valence electrons. The number of aliphatic hydroxyl groups is 1. The average Bonchev–Trinajstić information content (AvgIpc) is 3.07. The Bertz CT molecular complexity index is 255. The number of rotatable bonds is 8. The first kappa shape index (κ1) is 13.0. The van der Waals surface area contributed by atoms with Crippen molar-refractivity contribution in [3.05, 3.63) is 0 Å². The van der Waals surface area contributed by atoms with E-state index < -0.39 is 0 Å². The summed E-state index contributed by atoms with van der Waals surface area (Å²) in [6.07, 6.45) is 8.28. The SMILES string of the molecule is C#CCOCCC(=O)NC(CCO)C1CC1. The van der Waals surface area contributed by atoms with Crippen LogP contribution >= 0.6 is 0 Å². The van der Waals surface area contributed by atoms with Crippen LogP contribution in [0.4, 0.5) is 0 Å². The van der Waals surface area contributed by atoms with Crippen molar-refractivity contribution >= 4 is 5.91 Å². The third-order valence-corrected chi connectivity index (χ3v) is 2.64. The lowest BCUT2D eigenvalue weighted by Gasteiger charge is -2.16. The molecule has 1 aliphatic carbocycles. The molecule has 0 saturated heterocycles. The molecule has 1 aliphatic rings. The fourth-order valence-electron chi connectivity index (χ4n) is 1.64. The van der Waals surface area contributed by atoms with Crippen molar-refractivity contribution in [2.24, 2.45) is 5.92 Å². The summed E-state index contributed by atoms with van der Waals surface area (Å²) in [7, 11) is 0. The Balaban J connectivity index is 2.13. The minimum Gasteiger partial charge on any atom is -0.396 e. The number of ether oxygens (including phenoxy) is 1. The summed E-state index contributed by atoms with van der Waals surface area (Å²) in [5.41, 5.74) is 0. The van der Waals surface area contributed by atoms with Gasteiger partial charge < -0.3 is 15.2 Å². The van der Waals surface area contributed by atoms with Crippen LogP contribution in [0.2, 0.25) is 0 Å². The summed E-state index contributed by atoms with van der Waals surface area (Å²) in [4.78, 5) is 11.5. The molecular weight excluding hydrogens is 206 g/mol. The van der Waals surface area contributed by atoms with E-state index in [1.54, 1.807) is 0 Å². The van der Waals surface area contributed by atoms with Crippen molar-refractivity contribution in [3.8, 4) is 12.3 Å². The van der Waals surface area contributed by atoms with Crippen molar-refractivity contribution in [2.45, 2.75) is 31.7 Å². The molecule has 1 unspecified atom stereocenters. The smallest absolute Gasteiger partial charge is 0.222 e. The summed E-state index contributed by atoms with van der Waals surface area (Å²) in [6.45, 7) is 0.720. The van der Waals surface area contributed by atoms with E-state index in [1.807, 2.05) is 0 Å². The van der Waals surface area contributed by atoms with Crippen LogP contribution in [-0.4, -0.2) is 36.9 Å². The first-order valence-electron chi connectivity index (χ1n) is 5.69. The summed E-state index contributed by atoms with van der Waals surface area (Å²) in [5.74, 6) is 2.88. The lowest BCUT2D eigenvalue weighted by atomic mass is 10.1. The van der Waals surface area contributed by atoms with Crippen LogP contribution in [-0.2, 0) is 9.53 Å². The molecule has 4 nitrogen and oxygen atoms in total. The van der Waals surface area contributed by atoms with E-state index in [2.05, 4.69) is 11.2 Å². The third kappa shape index (κ3) is 5.15. The Hall–Kier alpha value is -1.05. The molecule has 0 spiro atoms. The maximum absolute atomic E-state index is 11.5. The quantitative estimate of drug-likeness (QED) is 0.461. The third-order valence-electron chi connectivity index (χ3n) is 2.64. The maximum Gasteiger partial charge on any atom is 0.222 e. The molecule has 0 aliphatic heterocycles. The fraction of sp³-hybridized carbons (Fsp3) is 0.750. The molecule has 1 fully saturated rings. The van der Waals surface area contributed by atoms with E-state index in [-0.39, 0.29) is 25.2 Å². The van der Waals surface area contributed by atoms with Crippen LogP contribution in [0.15, 0.2) is 0 Å². The number of amides is 1. The molecule has 0 heterocycles. The van der Waals surface area contributed by atoms with E-state index in [1.165, 1.54) is 0 Å². The molecule has 1 saturated carbocycles. The van der Waals surface area contributed by atoms with Gasteiger partial charge in [-0.1, -0.05) is 5.92 Å². The van der Waals surface area contributed by atoms with Crippen molar-refractivity contribution in [2.75, 3.05) is 19.8 Å². The van der Waals surface area contributed by atoms with E-state index in [0.29, 0.717) is 25.4 Å². The summed E-state index contributed by atoms with van der Waals surface area (Å²) in [6, 6.07) is 0.130. The lowest BCUT2D eigenvalue weighted by molar-refractivity contribution is -0.123. The zero-order valence-electron chi connectivity index (χ0n) is 9.45. The molecule has 2 N–H and O–H groups in total. The predicted molar refractivity (Wildman–Crippen MR) is 60.6 cm³/mol. The highest BCUT2D eigenvalue weighted by Gasteiger charge is 2.31. The first-order chi connectivity index (χ1) is 7.77. The summed E-state index contributed by atoms with van der Waals surface area (Å²) < 4.78 is 5.02. The highest BCUT2D eigenvalue weighted by atomic mass is 16.5. The normalized spacial score (nSPS) is 16.5. The fourth-order valence-corrected chi connectivity index (χ4v) is 1.64. The molecule has 0 radical (unpaired) electrons. The minimum atomic E-state index is -0.0256. The van der Waals surface area contributed by atoms with Gasteiger partial charge in [0, 0.05) is 12.6 Å². The van der Waals surface area contributed by atoms with Crippen LogP contribution in [0.5, 0.6) is 0 Å². The van der Waals surface area contributed by atoms with Crippen LogP contribution < -0.4 is 5.32 Å². The van der Waals surface area contributed by atoms with Crippen LogP contribution in [0.3, 0.4) is 0 Å². The van der Waals surface area contributed by atoms with Crippen molar-refractivity contribution in [1.29, 1.82) is 0 Å². The Morgan fingerprint density at radius 1 is 1.62 bits per heavy atom. The van der Waals surface area contributed by atoms with Crippen LogP contribution in [0.1, 0.15) is 25.7 Å². The van der Waals surface area contributed by atoms with Crippen molar-refractivity contribution in [3.63, 3.8) is 0 Å². The molecule has 16 heavy (non-hydrogen) atoms. The molecule has 1 atom stereocenters. The Morgan fingerprint density at radius 2 is 2.38 bits per heavy atom. The van der Waals surface area contributed by atoms with Gasteiger partial charge in [0.05, 0.1) is 13.0 Å². The topological polar surface area (TPSA) is 58.6 Å². The maximum atomic E-state index is 11.5. The molecule has 1 amide bonds. The average molecular weight is 225 g/mol. The van der Waals surface area contributed by atoms with Gasteiger partial charge in [0.25, 0.3) is 0 Å². The number of carbonyl (C=O) groups excluding carboxylic acids is 1. The van der Waals surface area contributed by atoms with Gasteiger partial charge in [-0.05, 0) is 25.2 Å². The number of carbonyl (C=O) groups is 1. The number of hydrogen-bond acceptors (Lipinski definition) is 3. The van der Waals surface area contributed by atoms with Crippen molar-refractivity contribution in [1.82, 2.24) is 5.32 Å². The van der Waals surface area contributed by atoms with Crippen molar-refractivity contribution < 1.29 is 14.6 Å². The van der Waals surface area contributed by atoms with Gasteiger partial charge in [0.2, 0.25) is 5.91 Å². The highest BCUT2D eigenvalue weighted by Crippen LogP contribution is 2.33. The molecular formula is C12H19NO3. The van der Waals surface area contributed by atoms with Crippen LogP contribution in [0, 0.1) is 18.3 Å². The monoisotopic (exact) mass is 225 g/mol. The van der Waals surface area contributed by atoms with E-state index in [9.17, 15) is 4.79 Å². The van der Waals surface area contributed by atoms with Gasteiger partial charge in [-0.15, -0.1) is 6.42 Å². The molecule has 4 heteroatoms. The zero-order valence-corrected chi connectivity index (χ0v) is 9.45.